The van der Waals surface area contributed by atoms with E-state index in [9.17, 15) is 4.39 Å². The molecule has 0 radical (unpaired) electrons. The summed E-state index contributed by atoms with van der Waals surface area (Å²) in [4.78, 5) is 0. The van der Waals surface area contributed by atoms with Crippen LogP contribution < -0.4 is 14.8 Å². The van der Waals surface area contributed by atoms with E-state index in [1.165, 1.54) is 13.2 Å². The van der Waals surface area contributed by atoms with Crippen molar-refractivity contribution in [2.75, 3.05) is 19.5 Å². The van der Waals surface area contributed by atoms with E-state index in [2.05, 4.69) is 5.32 Å². The molecule has 21 heavy (non-hydrogen) atoms. The highest BCUT2D eigenvalue weighted by Gasteiger charge is 2.10. The molecule has 0 aliphatic heterocycles. The quantitative estimate of drug-likeness (QED) is 0.889. The molecule has 0 aromatic heterocycles. The van der Waals surface area contributed by atoms with Crippen LogP contribution in [0.15, 0.2) is 36.4 Å². The van der Waals surface area contributed by atoms with Crippen molar-refractivity contribution in [1.82, 2.24) is 0 Å². The minimum absolute atomic E-state index is 0.0156. The van der Waals surface area contributed by atoms with Gasteiger partial charge in [-0.1, -0.05) is 6.07 Å². The van der Waals surface area contributed by atoms with Gasteiger partial charge in [0.1, 0.15) is 5.75 Å². The molecule has 0 saturated carbocycles. The molecule has 0 aliphatic carbocycles. The van der Waals surface area contributed by atoms with Gasteiger partial charge < -0.3 is 14.8 Å². The highest BCUT2D eigenvalue weighted by atomic mass is 19.1. The van der Waals surface area contributed by atoms with Crippen molar-refractivity contribution in [2.45, 2.75) is 19.9 Å². The van der Waals surface area contributed by atoms with Gasteiger partial charge >= 0.3 is 0 Å². The normalized spacial score (nSPS) is 11.9. The first-order chi connectivity index (χ1) is 10.0. The topological polar surface area (TPSA) is 30.5 Å². The lowest BCUT2D eigenvalue weighted by atomic mass is 10.1. The fourth-order valence-electron chi connectivity index (χ4n) is 2.25. The highest BCUT2D eigenvalue weighted by Crippen LogP contribution is 2.27. The molecule has 0 aliphatic rings. The summed E-state index contributed by atoms with van der Waals surface area (Å²) in [6.07, 6.45) is 0. The third kappa shape index (κ3) is 3.45. The second-order valence-electron chi connectivity index (χ2n) is 4.94. The van der Waals surface area contributed by atoms with Crippen LogP contribution >= 0.6 is 0 Å². The summed E-state index contributed by atoms with van der Waals surface area (Å²) in [7, 11) is 3.11. The number of ether oxygens (including phenoxy) is 2. The zero-order chi connectivity index (χ0) is 15.4. The van der Waals surface area contributed by atoms with E-state index in [0.717, 1.165) is 22.6 Å². The number of nitrogens with one attached hydrogen (secondary N) is 1. The number of rotatable bonds is 5. The Morgan fingerprint density at radius 1 is 1.00 bits per heavy atom. The van der Waals surface area contributed by atoms with E-state index < -0.39 is 0 Å². The molecule has 2 rings (SSSR count). The minimum atomic E-state index is -0.352. The average molecular weight is 289 g/mol. The van der Waals surface area contributed by atoms with Gasteiger partial charge in [-0.15, -0.1) is 0 Å². The molecule has 2 aromatic carbocycles. The van der Waals surface area contributed by atoms with Crippen molar-refractivity contribution in [3.05, 3.63) is 53.3 Å². The van der Waals surface area contributed by atoms with Gasteiger partial charge in [-0.3, -0.25) is 0 Å². The number of anilines is 1. The maximum Gasteiger partial charge on any atom is 0.165 e. The van der Waals surface area contributed by atoms with Crippen molar-refractivity contribution in [3.8, 4) is 11.5 Å². The van der Waals surface area contributed by atoms with Gasteiger partial charge in [0.2, 0.25) is 0 Å². The Balaban J connectivity index is 2.15. The summed E-state index contributed by atoms with van der Waals surface area (Å²) in [5.41, 5.74) is 2.88. The summed E-state index contributed by atoms with van der Waals surface area (Å²) in [6.45, 7) is 3.97. The molecule has 0 amide bonds. The number of aryl methyl sites for hydroxylation is 1. The van der Waals surface area contributed by atoms with Crippen molar-refractivity contribution in [2.24, 2.45) is 0 Å². The Hall–Kier alpha value is -2.23. The van der Waals surface area contributed by atoms with E-state index >= 15 is 0 Å². The van der Waals surface area contributed by atoms with Crippen LogP contribution in [0, 0.1) is 12.7 Å². The van der Waals surface area contributed by atoms with Gasteiger partial charge in [0.15, 0.2) is 11.6 Å². The average Bonchev–Trinajstić information content (AvgIpc) is 2.47. The fraction of sp³-hybridized carbons (Fsp3) is 0.294. The van der Waals surface area contributed by atoms with Gasteiger partial charge in [-0.05, 0) is 55.3 Å². The smallest absolute Gasteiger partial charge is 0.165 e. The Labute approximate surface area is 124 Å². The molecule has 1 N–H and O–H groups in total. The molecule has 1 atom stereocenters. The third-order valence-electron chi connectivity index (χ3n) is 3.45. The predicted octanol–water partition coefficient (Wildman–Crippen LogP) is 4.32. The van der Waals surface area contributed by atoms with Crippen molar-refractivity contribution >= 4 is 5.69 Å². The van der Waals surface area contributed by atoms with E-state index in [4.69, 9.17) is 9.47 Å². The van der Waals surface area contributed by atoms with Crippen LogP contribution in [-0.2, 0) is 0 Å². The van der Waals surface area contributed by atoms with E-state index in [0.29, 0.717) is 0 Å². The van der Waals surface area contributed by atoms with Gasteiger partial charge in [0, 0.05) is 11.7 Å². The molecular formula is C17H20FNO2. The first-order valence-electron chi connectivity index (χ1n) is 6.79. The second kappa shape index (κ2) is 6.48. The van der Waals surface area contributed by atoms with Crippen LogP contribution in [0.1, 0.15) is 24.1 Å². The zero-order valence-corrected chi connectivity index (χ0v) is 12.7. The molecule has 0 fully saturated rings. The predicted molar refractivity (Wildman–Crippen MR) is 82.7 cm³/mol. The lowest BCUT2D eigenvalue weighted by Gasteiger charge is -2.17. The second-order valence-corrected chi connectivity index (χ2v) is 4.94. The monoisotopic (exact) mass is 289 g/mol. The first-order valence-corrected chi connectivity index (χ1v) is 6.79. The van der Waals surface area contributed by atoms with Gasteiger partial charge in [0.25, 0.3) is 0 Å². The molecular weight excluding hydrogens is 269 g/mol. The van der Waals surface area contributed by atoms with Crippen LogP contribution in [0.4, 0.5) is 10.1 Å². The summed E-state index contributed by atoms with van der Waals surface area (Å²) in [6, 6.07) is 10.8. The molecule has 1 unspecified atom stereocenters. The zero-order valence-electron chi connectivity index (χ0n) is 12.7. The van der Waals surface area contributed by atoms with Crippen LogP contribution in [0.5, 0.6) is 11.5 Å². The Kier molecular flexibility index (Phi) is 4.68. The molecule has 112 valence electrons. The number of methoxy groups -OCH3 is 2. The molecule has 4 heteroatoms. The van der Waals surface area contributed by atoms with E-state index in [1.807, 2.05) is 38.1 Å². The number of hydrogen-bond acceptors (Lipinski definition) is 3. The number of benzene rings is 2. The lowest BCUT2D eigenvalue weighted by molar-refractivity contribution is 0.386. The Bertz CT molecular complexity index is 628. The molecule has 0 saturated heterocycles. The van der Waals surface area contributed by atoms with Crippen molar-refractivity contribution < 1.29 is 13.9 Å². The van der Waals surface area contributed by atoms with E-state index in [-0.39, 0.29) is 17.6 Å². The molecule has 0 heterocycles. The highest BCUT2D eigenvalue weighted by molar-refractivity contribution is 5.52. The standard InChI is InChI=1S/C17H20FNO2/c1-11-9-14(6-8-16(11)20-3)19-12(2)13-5-7-17(21-4)15(18)10-13/h5-10,12,19H,1-4H3. The number of hydrogen-bond donors (Lipinski definition) is 1. The van der Waals surface area contributed by atoms with Crippen molar-refractivity contribution in [3.63, 3.8) is 0 Å². The van der Waals surface area contributed by atoms with Gasteiger partial charge in [-0.25, -0.2) is 4.39 Å². The van der Waals surface area contributed by atoms with Gasteiger partial charge in [0.05, 0.1) is 14.2 Å². The SMILES string of the molecule is COc1ccc(NC(C)c2ccc(OC)c(F)c2)cc1C. The van der Waals surface area contributed by atoms with Crippen LogP contribution in [-0.4, -0.2) is 14.2 Å². The molecule has 0 spiro atoms. The maximum absolute atomic E-state index is 13.7. The summed E-state index contributed by atoms with van der Waals surface area (Å²) >= 11 is 0. The van der Waals surface area contributed by atoms with E-state index in [1.54, 1.807) is 13.2 Å². The minimum Gasteiger partial charge on any atom is -0.496 e. The van der Waals surface area contributed by atoms with Gasteiger partial charge in [-0.2, -0.15) is 0 Å². The Morgan fingerprint density at radius 2 is 1.67 bits per heavy atom. The largest absolute Gasteiger partial charge is 0.496 e. The lowest BCUT2D eigenvalue weighted by Crippen LogP contribution is -2.07. The fourth-order valence-corrected chi connectivity index (χ4v) is 2.25. The molecule has 3 nitrogen and oxygen atoms in total. The summed E-state index contributed by atoms with van der Waals surface area (Å²) < 4.78 is 23.9. The van der Waals surface area contributed by atoms with Crippen LogP contribution in [0.25, 0.3) is 0 Å². The maximum atomic E-state index is 13.7. The van der Waals surface area contributed by atoms with Crippen LogP contribution in [0.2, 0.25) is 0 Å². The summed E-state index contributed by atoms with van der Waals surface area (Å²) in [5, 5.41) is 3.35. The number of halogens is 1. The van der Waals surface area contributed by atoms with Crippen molar-refractivity contribution in [1.29, 1.82) is 0 Å². The summed E-state index contributed by atoms with van der Waals surface area (Å²) in [5.74, 6) is 0.754. The third-order valence-corrected chi connectivity index (χ3v) is 3.45. The Morgan fingerprint density at radius 3 is 2.24 bits per heavy atom. The molecule has 0 bridgehead atoms. The van der Waals surface area contributed by atoms with Crippen LogP contribution in [0.3, 0.4) is 0 Å². The first kappa shape index (κ1) is 15.2. The molecule has 2 aromatic rings.